The summed E-state index contributed by atoms with van der Waals surface area (Å²) in [5, 5.41) is 0. The molecule has 1 aromatic carbocycles. The van der Waals surface area contributed by atoms with Crippen LogP contribution in [0.5, 0.6) is 11.5 Å². The van der Waals surface area contributed by atoms with E-state index >= 15 is 0 Å². The highest BCUT2D eigenvalue weighted by Gasteiger charge is 2.36. The standard InChI is InChI=1S/C23H28O6/c1-7-14(4)23(26)29-17(9-8-13(2)3)15-12-16(24)20-18(27-5)10-11-19(28-6)21(20)22(15)25/h8,10-12,14,17H,7,9H2,1-6H3/t14?,17-/m1/s1. The number of benzene rings is 1. The Morgan fingerprint density at radius 3 is 2.17 bits per heavy atom. The average molecular weight is 400 g/mol. The number of ether oxygens (including phenoxy) is 3. The van der Waals surface area contributed by atoms with Crippen LogP contribution < -0.4 is 9.47 Å². The normalized spacial score (nSPS) is 15.0. The molecule has 0 spiro atoms. The molecule has 29 heavy (non-hydrogen) atoms. The number of Topliss-reactive ketones (excluding diaryl/α,β-unsaturated/α-hetero) is 1. The predicted octanol–water partition coefficient (Wildman–Crippen LogP) is 4.32. The molecule has 2 atom stereocenters. The fraction of sp³-hybridized carbons (Fsp3) is 0.435. The maximum Gasteiger partial charge on any atom is 0.309 e. The number of methoxy groups -OCH3 is 2. The van der Waals surface area contributed by atoms with Crippen LogP contribution in [-0.2, 0) is 9.53 Å². The van der Waals surface area contributed by atoms with Gasteiger partial charge in [0.25, 0.3) is 0 Å². The second-order valence-corrected chi connectivity index (χ2v) is 7.27. The van der Waals surface area contributed by atoms with Crippen LogP contribution in [0, 0.1) is 5.92 Å². The lowest BCUT2D eigenvalue weighted by molar-refractivity contribution is -0.151. The monoisotopic (exact) mass is 400 g/mol. The minimum absolute atomic E-state index is 0.135. The van der Waals surface area contributed by atoms with Gasteiger partial charge >= 0.3 is 5.97 Å². The van der Waals surface area contributed by atoms with Crippen LogP contribution in [0.4, 0.5) is 0 Å². The number of fused-ring (bicyclic) bond motifs is 1. The molecule has 6 nitrogen and oxygen atoms in total. The number of carbonyl (C=O) groups excluding carboxylic acids is 3. The first-order valence-electron chi connectivity index (χ1n) is 9.64. The van der Waals surface area contributed by atoms with Gasteiger partial charge in [0.15, 0.2) is 11.6 Å². The van der Waals surface area contributed by atoms with Gasteiger partial charge in [-0.25, -0.2) is 0 Å². The predicted molar refractivity (Wildman–Crippen MR) is 110 cm³/mol. The lowest BCUT2D eigenvalue weighted by atomic mass is 9.85. The third-order valence-corrected chi connectivity index (χ3v) is 4.95. The molecule has 0 heterocycles. The molecule has 156 valence electrons. The SMILES string of the molecule is CCC(C)C(=O)O[C@H](CC=C(C)C)C1=CC(=O)c2c(OC)ccc(OC)c2C1=O. The van der Waals surface area contributed by atoms with Crippen LogP contribution in [0.15, 0.2) is 35.4 Å². The summed E-state index contributed by atoms with van der Waals surface area (Å²) in [6, 6.07) is 3.17. The van der Waals surface area contributed by atoms with Crippen molar-refractivity contribution in [3.8, 4) is 11.5 Å². The van der Waals surface area contributed by atoms with Gasteiger partial charge in [0.2, 0.25) is 0 Å². The number of rotatable bonds is 8. The molecule has 0 amide bonds. The van der Waals surface area contributed by atoms with Crippen molar-refractivity contribution in [2.24, 2.45) is 5.92 Å². The fourth-order valence-electron chi connectivity index (χ4n) is 3.04. The second-order valence-electron chi connectivity index (χ2n) is 7.27. The summed E-state index contributed by atoms with van der Waals surface area (Å²) in [5.41, 5.74) is 1.46. The number of allylic oxidation sites excluding steroid dienone is 2. The van der Waals surface area contributed by atoms with E-state index < -0.39 is 17.9 Å². The van der Waals surface area contributed by atoms with Gasteiger partial charge in [-0.1, -0.05) is 25.5 Å². The number of hydrogen-bond donors (Lipinski definition) is 0. The molecule has 0 aromatic heterocycles. The molecule has 1 aliphatic carbocycles. The molecule has 0 aliphatic heterocycles. The number of ketones is 2. The van der Waals surface area contributed by atoms with Gasteiger partial charge in [0.05, 0.1) is 31.3 Å². The van der Waals surface area contributed by atoms with Crippen molar-refractivity contribution in [2.45, 2.75) is 46.6 Å². The van der Waals surface area contributed by atoms with E-state index in [9.17, 15) is 14.4 Å². The Balaban J connectivity index is 2.54. The zero-order valence-corrected chi connectivity index (χ0v) is 17.8. The summed E-state index contributed by atoms with van der Waals surface area (Å²) < 4.78 is 16.2. The lowest BCUT2D eigenvalue weighted by Gasteiger charge is -2.25. The number of carbonyl (C=O) groups is 3. The van der Waals surface area contributed by atoms with Crippen molar-refractivity contribution >= 4 is 17.5 Å². The molecule has 1 unspecified atom stereocenters. The molecule has 0 saturated heterocycles. The van der Waals surface area contributed by atoms with Gasteiger partial charge in [-0.05, 0) is 38.5 Å². The fourth-order valence-corrected chi connectivity index (χ4v) is 3.04. The van der Waals surface area contributed by atoms with E-state index in [0.717, 1.165) is 5.57 Å². The van der Waals surface area contributed by atoms with Crippen LogP contribution in [-0.4, -0.2) is 37.9 Å². The molecule has 0 saturated carbocycles. The highest BCUT2D eigenvalue weighted by atomic mass is 16.5. The first-order valence-corrected chi connectivity index (χ1v) is 9.64. The highest BCUT2D eigenvalue weighted by Crippen LogP contribution is 2.37. The molecule has 0 N–H and O–H groups in total. The van der Waals surface area contributed by atoms with Gasteiger partial charge in [0.1, 0.15) is 17.6 Å². The molecular formula is C23H28O6. The maximum atomic E-state index is 13.3. The first-order chi connectivity index (χ1) is 13.7. The molecule has 1 aromatic rings. The van der Waals surface area contributed by atoms with Gasteiger partial charge in [-0.3, -0.25) is 14.4 Å². The van der Waals surface area contributed by atoms with Crippen molar-refractivity contribution in [2.75, 3.05) is 14.2 Å². The molecule has 2 rings (SSSR count). The van der Waals surface area contributed by atoms with Crippen molar-refractivity contribution in [1.82, 2.24) is 0 Å². The van der Waals surface area contributed by atoms with E-state index in [1.54, 1.807) is 19.1 Å². The van der Waals surface area contributed by atoms with Crippen molar-refractivity contribution in [3.05, 3.63) is 46.6 Å². The largest absolute Gasteiger partial charge is 0.496 e. The number of esters is 1. The van der Waals surface area contributed by atoms with Crippen LogP contribution >= 0.6 is 0 Å². The Morgan fingerprint density at radius 2 is 1.66 bits per heavy atom. The third-order valence-electron chi connectivity index (χ3n) is 4.95. The van der Waals surface area contributed by atoms with E-state index in [-0.39, 0.29) is 34.2 Å². The average Bonchev–Trinajstić information content (AvgIpc) is 2.71. The molecule has 1 aliphatic rings. The summed E-state index contributed by atoms with van der Waals surface area (Å²) in [6.45, 7) is 7.49. The van der Waals surface area contributed by atoms with Crippen LogP contribution in [0.1, 0.15) is 61.3 Å². The van der Waals surface area contributed by atoms with E-state index in [0.29, 0.717) is 18.6 Å². The quantitative estimate of drug-likeness (QED) is 0.478. The highest BCUT2D eigenvalue weighted by molar-refractivity contribution is 6.27. The summed E-state index contributed by atoms with van der Waals surface area (Å²) in [4.78, 5) is 38.7. The summed E-state index contributed by atoms with van der Waals surface area (Å²) >= 11 is 0. The zero-order chi connectivity index (χ0) is 21.7. The number of hydrogen-bond acceptors (Lipinski definition) is 6. The maximum absolute atomic E-state index is 13.3. The molecule has 0 radical (unpaired) electrons. The first kappa shape index (κ1) is 22.4. The molecule has 6 heteroatoms. The third kappa shape index (κ3) is 4.75. The zero-order valence-electron chi connectivity index (χ0n) is 17.8. The van der Waals surface area contributed by atoms with Crippen molar-refractivity contribution < 1.29 is 28.6 Å². The lowest BCUT2D eigenvalue weighted by Crippen LogP contribution is -2.31. The minimum atomic E-state index is -0.855. The van der Waals surface area contributed by atoms with Gasteiger partial charge in [-0.15, -0.1) is 0 Å². The van der Waals surface area contributed by atoms with Crippen LogP contribution in [0.2, 0.25) is 0 Å². The molecular weight excluding hydrogens is 372 g/mol. The molecule has 0 bridgehead atoms. The smallest absolute Gasteiger partial charge is 0.309 e. The van der Waals surface area contributed by atoms with Gasteiger partial charge < -0.3 is 14.2 Å². The second kappa shape index (κ2) is 9.54. The Labute approximate surface area is 171 Å². The Kier molecular flexibility index (Phi) is 7.37. The van der Waals surface area contributed by atoms with E-state index in [1.807, 2.05) is 26.8 Å². The Hall–Kier alpha value is -2.89. The minimum Gasteiger partial charge on any atom is -0.496 e. The van der Waals surface area contributed by atoms with E-state index in [2.05, 4.69) is 0 Å². The van der Waals surface area contributed by atoms with Crippen molar-refractivity contribution in [1.29, 1.82) is 0 Å². The van der Waals surface area contributed by atoms with Crippen molar-refractivity contribution in [3.63, 3.8) is 0 Å². The van der Waals surface area contributed by atoms with Crippen LogP contribution in [0.3, 0.4) is 0 Å². The van der Waals surface area contributed by atoms with E-state index in [4.69, 9.17) is 14.2 Å². The van der Waals surface area contributed by atoms with E-state index in [1.165, 1.54) is 20.3 Å². The summed E-state index contributed by atoms with van der Waals surface area (Å²) in [5.74, 6) is -0.914. The van der Waals surface area contributed by atoms with Gasteiger partial charge in [-0.2, -0.15) is 0 Å². The Morgan fingerprint density at radius 1 is 1.07 bits per heavy atom. The summed E-state index contributed by atoms with van der Waals surface area (Å²) in [6.07, 6.45) is 3.20. The molecule has 0 fully saturated rings. The van der Waals surface area contributed by atoms with Crippen LogP contribution in [0.25, 0.3) is 0 Å². The van der Waals surface area contributed by atoms with Gasteiger partial charge in [0, 0.05) is 12.0 Å². The Bertz CT molecular complexity index is 874. The summed E-state index contributed by atoms with van der Waals surface area (Å²) in [7, 11) is 2.87. The topological polar surface area (TPSA) is 78.9 Å².